The van der Waals surface area contributed by atoms with Crippen LogP contribution in [-0.2, 0) is 11.2 Å². The van der Waals surface area contributed by atoms with Crippen molar-refractivity contribution in [2.75, 3.05) is 32.7 Å². The smallest absolute Gasteiger partial charge is 0.317 e. The highest BCUT2D eigenvalue weighted by Crippen LogP contribution is 2.12. The fourth-order valence-corrected chi connectivity index (χ4v) is 2.57. The number of carbonyl (C=O) groups excluding carboxylic acids is 2. The molecule has 0 spiro atoms. The van der Waals surface area contributed by atoms with Gasteiger partial charge in [-0.3, -0.25) is 4.79 Å². The minimum absolute atomic E-state index is 0.0440. The molecule has 5 nitrogen and oxygen atoms in total. The van der Waals surface area contributed by atoms with Gasteiger partial charge in [0.25, 0.3) is 0 Å². The van der Waals surface area contributed by atoms with Crippen molar-refractivity contribution in [3.05, 3.63) is 34.3 Å². The molecule has 2 rings (SSSR count). The summed E-state index contributed by atoms with van der Waals surface area (Å²) in [6.45, 7) is 4.92. The maximum Gasteiger partial charge on any atom is 0.317 e. The second-order valence-electron chi connectivity index (χ2n) is 5.01. The Labute approximate surface area is 133 Å². The molecule has 21 heavy (non-hydrogen) atoms. The van der Waals surface area contributed by atoms with Crippen LogP contribution in [0.1, 0.15) is 12.5 Å². The summed E-state index contributed by atoms with van der Waals surface area (Å²) in [6.07, 6.45) is 0.411. The number of hydrogen-bond donors (Lipinski definition) is 1. The van der Waals surface area contributed by atoms with Crippen LogP contribution in [-0.4, -0.2) is 54.5 Å². The van der Waals surface area contributed by atoms with Crippen LogP contribution in [0, 0.1) is 0 Å². The highest BCUT2D eigenvalue weighted by molar-refractivity contribution is 9.10. The molecular formula is C15H20BrN3O2. The monoisotopic (exact) mass is 353 g/mol. The van der Waals surface area contributed by atoms with Crippen molar-refractivity contribution in [2.45, 2.75) is 13.3 Å². The topological polar surface area (TPSA) is 52.7 Å². The average molecular weight is 354 g/mol. The molecule has 1 saturated heterocycles. The molecule has 1 N–H and O–H groups in total. The Bertz CT molecular complexity index is 496. The Morgan fingerprint density at radius 2 is 1.67 bits per heavy atom. The van der Waals surface area contributed by atoms with E-state index in [0.29, 0.717) is 39.1 Å². The fraction of sp³-hybridized carbons (Fsp3) is 0.467. The molecule has 0 aliphatic carbocycles. The quantitative estimate of drug-likeness (QED) is 0.901. The summed E-state index contributed by atoms with van der Waals surface area (Å²) in [5, 5.41) is 2.78. The molecule has 3 amide bonds. The Morgan fingerprint density at radius 3 is 2.24 bits per heavy atom. The van der Waals surface area contributed by atoms with E-state index in [2.05, 4.69) is 21.2 Å². The minimum atomic E-state index is -0.0440. The van der Waals surface area contributed by atoms with Gasteiger partial charge in [-0.1, -0.05) is 28.1 Å². The zero-order chi connectivity index (χ0) is 15.2. The molecule has 114 valence electrons. The van der Waals surface area contributed by atoms with E-state index in [9.17, 15) is 9.59 Å². The van der Waals surface area contributed by atoms with Gasteiger partial charge in [0, 0.05) is 37.2 Å². The Kier molecular flexibility index (Phi) is 5.61. The lowest BCUT2D eigenvalue weighted by Gasteiger charge is -2.34. The number of piperazine rings is 1. The Hall–Kier alpha value is -1.56. The number of rotatable bonds is 3. The van der Waals surface area contributed by atoms with Crippen LogP contribution in [0.15, 0.2) is 28.7 Å². The third-order valence-electron chi connectivity index (χ3n) is 3.52. The standard InChI is InChI=1S/C15H20BrN3O2/c1-2-17-15(21)19-9-7-18(8-10-19)14(20)11-12-3-5-13(16)6-4-12/h3-6H,2,7-11H2,1H3,(H,17,21). The van der Waals surface area contributed by atoms with E-state index in [1.807, 2.05) is 36.1 Å². The minimum Gasteiger partial charge on any atom is -0.339 e. The van der Waals surface area contributed by atoms with Gasteiger partial charge in [0.05, 0.1) is 6.42 Å². The molecule has 0 saturated carbocycles. The molecule has 0 aromatic heterocycles. The van der Waals surface area contributed by atoms with Gasteiger partial charge in [-0.05, 0) is 24.6 Å². The Balaban J connectivity index is 1.83. The van der Waals surface area contributed by atoms with Crippen molar-refractivity contribution < 1.29 is 9.59 Å². The van der Waals surface area contributed by atoms with Gasteiger partial charge < -0.3 is 15.1 Å². The van der Waals surface area contributed by atoms with E-state index in [-0.39, 0.29) is 11.9 Å². The first-order valence-electron chi connectivity index (χ1n) is 7.15. The van der Waals surface area contributed by atoms with E-state index in [0.717, 1.165) is 10.0 Å². The summed E-state index contributed by atoms with van der Waals surface area (Å²) in [5.74, 6) is 0.118. The number of amides is 3. The molecule has 0 bridgehead atoms. The predicted octanol–water partition coefficient (Wildman–Crippen LogP) is 1.87. The van der Waals surface area contributed by atoms with Gasteiger partial charge in [0.2, 0.25) is 5.91 Å². The van der Waals surface area contributed by atoms with Crippen LogP contribution >= 0.6 is 15.9 Å². The fourth-order valence-electron chi connectivity index (χ4n) is 2.31. The van der Waals surface area contributed by atoms with Crippen molar-refractivity contribution in [1.82, 2.24) is 15.1 Å². The summed E-state index contributed by atoms with van der Waals surface area (Å²) in [4.78, 5) is 27.5. The molecule has 1 aliphatic rings. The molecule has 1 aromatic rings. The van der Waals surface area contributed by atoms with Gasteiger partial charge in [-0.15, -0.1) is 0 Å². The number of carbonyl (C=O) groups is 2. The van der Waals surface area contributed by atoms with Crippen molar-refractivity contribution in [2.24, 2.45) is 0 Å². The summed E-state index contributed by atoms with van der Waals surface area (Å²) in [5.41, 5.74) is 1.01. The summed E-state index contributed by atoms with van der Waals surface area (Å²) < 4.78 is 1.01. The molecular weight excluding hydrogens is 334 g/mol. The molecule has 0 atom stereocenters. The third kappa shape index (κ3) is 4.46. The van der Waals surface area contributed by atoms with Crippen LogP contribution in [0.25, 0.3) is 0 Å². The number of nitrogens with zero attached hydrogens (tertiary/aromatic N) is 2. The second-order valence-corrected chi connectivity index (χ2v) is 5.92. The average Bonchev–Trinajstić information content (AvgIpc) is 2.50. The molecule has 0 radical (unpaired) electrons. The lowest BCUT2D eigenvalue weighted by molar-refractivity contribution is -0.131. The number of halogens is 1. The van der Waals surface area contributed by atoms with E-state index in [4.69, 9.17) is 0 Å². The Morgan fingerprint density at radius 1 is 1.10 bits per heavy atom. The van der Waals surface area contributed by atoms with Crippen molar-refractivity contribution in [1.29, 1.82) is 0 Å². The molecule has 1 aliphatic heterocycles. The maximum absolute atomic E-state index is 12.2. The van der Waals surface area contributed by atoms with Crippen LogP contribution in [0.2, 0.25) is 0 Å². The molecule has 6 heteroatoms. The number of hydrogen-bond acceptors (Lipinski definition) is 2. The first-order chi connectivity index (χ1) is 10.1. The van der Waals surface area contributed by atoms with Crippen LogP contribution in [0.5, 0.6) is 0 Å². The first kappa shape index (κ1) is 15.8. The van der Waals surface area contributed by atoms with Gasteiger partial charge in [0.1, 0.15) is 0 Å². The van der Waals surface area contributed by atoms with Crippen LogP contribution in [0.4, 0.5) is 4.79 Å². The predicted molar refractivity (Wildman–Crippen MR) is 85.1 cm³/mol. The lowest BCUT2D eigenvalue weighted by Crippen LogP contribution is -2.53. The van der Waals surface area contributed by atoms with Crippen molar-refractivity contribution in [3.8, 4) is 0 Å². The molecule has 1 fully saturated rings. The number of nitrogens with one attached hydrogen (secondary N) is 1. The van der Waals surface area contributed by atoms with Gasteiger partial charge in [0.15, 0.2) is 0 Å². The van der Waals surface area contributed by atoms with E-state index in [1.54, 1.807) is 4.90 Å². The van der Waals surface area contributed by atoms with E-state index >= 15 is 0 Å². The molecule has 1 heterocycles. The zero-order valence-corrected chi connectivity index (χ0v) is 13.7. The highest BCUT2D eigenvalue weighted by Gasteiger charge is 2.23. The van der Waals surface area contributed by atoms with Crippen molar-refractivity contribution >= 4 is 27.9 Å². The van der Waals surface area contributed by atoms with Gasteiger partial charge in [-0.25, -0.2) is 4.79 Å². The number of benzene rings is 1. The molecule has 0 unspecified atom stereocenters. The maximum atomic E-state index is 12.2. The van der Waals surface area contributed by atoms with Crippen LogP contribution in [0.3, 0.4) is 0 Å². The second kappa shape index (κ2) is 7.45. The largest absolute Gasteiger partial charge is 0.339 e. The van der Waals surface area contributed by atoms with Gasteiger partial charge in [-0.2, -0.15) is 0 Å². The zero-order valence-electron chi connectivity index (χ0n) is 12.1. The lowest BCUT2D eigenvalue weighted by atomic mass is 10.1. The number of urea groups is 1. The van der Waals surface area contributed by atoms with Gasteiger partial charge >= 0.3 is 6.03 Å². The SMILES string of the molecule is CCNC(=O)N1CCN(C(=O)Cc2ccc(Br)cc2)CC1. The normalized spacial score (nSPS) is 15.0. The van der Waals surface area contributed by atoms with E-state index in [1.165, 1.54) is 0 Å². The molecule has 1 aromatic carbocycles. The highest BCUT2D eigenvalue weighted by atomic mass is 79.9. The first-order valence-corrected chi connectivity index (χ1v) is 7.94. The van der Waals surface area contributed by atoms with Crippen molar-refractivity contribution in [3.63, 3.8) is 0 Å². The van der Waals surface area contributed by atoms with E-state index < -0.39 is 0 Å². The van der Waals surface area contributed by atoms with Crippen LogP contribution < -0.4 is 5.32 Å². The summed E-state index contributed by atoms with van der Waals surface area (Å²) >= 11 is 3.38. The summed E-state index contributed by atoms with van der Waals surface area (Å²) in [7, 11) is 0. The third-order valence-corrected chi connectivity index (χ3v) is 4.04. The summed E-state index contributed by atoms with van der Waals surface area (Å²) in [6, 6.07) is 7.74.